The summed E-state index contributed by atoms with van der Waals surface area (Å²) in [6, 6.07) is 0. The summed E-state index contributed by atoms with van der Waals surface area (Å²) in [4.78, 5) is 12.7. The number of amides is 1. The molecule has 1 aliphatic carbocycles. The molecule has 1 N–H and O–H groups in total. The van der Waals surface area contributed by atoms with Crippen molar-refractivity contribution in [1.82, 2.24) is 9.62 Å². The zero-order valence-electron chi connectivity index (χ0n) is 15.0. The topological polar surface area (TPSA) is 49.4 Å². The number of carbonyl (C=O) groups is 1. The predicted octanol–water partition coefficient (Wildman–Crippen LogP) is 3.01. The maximum absolute atomic E-state index is 13.1. The highest BCUT2D eigenvalue weighted by atomic mass is 32.2. The van der Waals surface area contributed by atoms with Crippen molar-refractivity contribution in [3.63, 3.8) is 0 Å². The summed E-state index contributed by atoms with van der Waals surface area (Å²) in [6.45, 7) is 3.91. The number of carbonyl (C=O) groups excluding carboxylic acids is 1. The number of rotatable bonds is 3. The molecule has 0 aromatic rings. The molecule has 1 saturated carbocycles. The van der Waals surface area contributed by atoms with Gasteiger partial charge < -0.3 is 5.32 Å². The molecule has 2 heterocycles. The van der Waals surface area contributed by atoms with Crippen LogP contribution in [-0.2, 0) is 14.5 Å². The second-order valence-corrected chi connectivity index (χ2v) is 9.85. The number of hydrogen-bond donors (Lipinski definition) is 1. The lowest BCUT2D eigenvalue weighted by atomic mass is 9.69. The van der Waals surface area contributed by atoms with Crippen LogP contribution in [0.25, 0.3) is 0 Å². The first-order valence-electron chi connectivity index (χ1n) is 9.31. The Bertz CT molecular complexity index is 671. The van der Waals surface area contributed by atoms with E-state index in [1.54, 1.807) is 0 Å². The fourth-order valence-corrected chi connectivity index (χ4v) is 5.83. The first-order chi connectivity index (χ1) is 11.5. The molecule has 1 amide bonds. The van der Waals surface area contributed by atoms with Crippen LogP contribution in [0.3, 0.4) is 0 Å². The van der Waals surface area contributed by atoms with Crippen LogP contribution in [0.5, 0.6) is 0 Å². The average Bonchev–Trinajstić information content (AvgIpc) is 3.17. The van der Waals surface area contributed by atoms with Crippen molar-refractivity contribution in [3.8, 4) is 0 Å². The van der Waals surface area contributed by atoms with Crippen molar-refractivity contribution in [1.29, 1.82) is 0 Å². The Hall–Kier alpha value is -1.07. The van der Waals surface area contributed by atoms with E-state index in [9.17, 15) is 9.00 Å². The van der Waals surface area contributed by atoms with E-state index in [1.807, 2.05) is 17.7 Å². The van der Waals surface area contributed by atoms with Crippen LogP contribution in [0.1, 0.15) is 58.3 Å². The molecule has 134 valence electrons. The first kappa shape index (κ1) is 17.7. The quantitative estimate of drug-likeness (QED) is 0.628. The van der Waals surface area contributed by atoms with Crippen molar-refractivity contribution in [2.24, 2.45) is 5.41 Å². The standard InChI is InChI=1S/C19H30N2O2S/c1-3-9-17-16(10-15-24(2,23)21-13-7-8-14-21)19(18(22)20-17)11-5-4-6-12-19/h9-10,15H,3-8,11-14H2,1-2H3,(H,20,22)/b16-10+,17-9?. The van der Waals surface area contributed by atoms with Crippen LogP contribution in [0, 0.1) is 5.41 Å². The first-order valence-corrected chi connectivity index (χ1v) is 11.3. The summed E-state index contributed by atoms with van der Waals surface area (Å²) in [5, 5.41) is 4.97. The second kappa shape index (κ2) is 7.04. The molecular formula is C19H30N2O2S. The molecule has 1 spiro atoms. The van der Waals surface area contributed by atoms with Gasteiger partial charge in [0.2, 0.25) is 5.91 Å². The van der Waals surface area contributed by atoms with Crippen molar-refractivity contribution >= 4 is 21.0 Å². The van der Waals surface area contributed by atoms with Crippen LogP contribution in [-0.4, -0.2) is 39.1 Å². The van der Waals surface area contributed by atoms with Crippen LogP contribution in [0.2, 0.25) is 0 Å². The molecule has 3 aliphatic rings. The van der Waals surface area contributed by atoms with Gasteiger partial charge in [-0.15, -0.1) is 0 Å². The second-order valence-electron chi connectivity index (χ2n) is 7.34. The van der Waals surface area contributed by atoms with Gasteiger partial charge in [0.1, 0.15) is 0 Å². The van der Waals surface area contributed by atoms with E-state index in [4.69, 9.17) is 0 Å². The van der Waals surface area contributed by atoms with Crippen molar-refractivity contribution in [3.05, 3.63) is 23.4 Å². The van der Waals surface area contributed by atoms with Gasteiger partial charge in [0.15, 0.2) is 0 Å². The van der Waals surface area contributed by atoms with E-state index in [1.165, 1.54) is 6.42 Å². The molecule has 0 aromatic heterocycles. The van der Waals surface area contributed by atoms with Crippen molar-refractivity contribution in [2.45, 2.75) is 58.3 Å². The number of hydrogen-bond acceptors (Lipinski definition) is 2. The smallest absolute Gasteiger partial charge is 0.235 e. The summed E-state index contributed by atoms with van der Waals surface area (Å²) >= 11 is 0. The van der Waals surface area contributed by atoms with Gasteiger partial charge in [-0.3, -0.25) is 9.00 Å². The Morgan fingerprint density at radius 3 is 2.46 bits per heavy atom. The normalized spacial score (nSPS) is 30.0. The fraction of sp³-hybridized carbons (Fsp3) is 0.684. The van der Waals surface area contributed by atoms with Gasteiger partial charge in [0.05, 0.1) is 5.41 Å². The summed E-state index contributed by atoms with van der Waals surface area (Å²) in [6.07, 6.45) is 14.3. The Labute approximate surface area is 146 Å². The molecule has 24 heavy (non-hydrogen) atoms. The number of nitrogens with one attached hydrogen (secondary N) is 1. The lowest BCUT2D eigenvalue weighted by Crippen LogP contribution is -2.34. The molecule has 0 aromatic carbocycles. The molecule has 4 nitrogen and oxygen atoms in total. The van der Waals surface area contributed by atoms with Gasteiger partial charge in [0, 0.05) is 40.1 Å². The van der Waals surface area contributed by atoms with E-state index in [2.05, 4.69) is 22.6 Å². The molecule has 1 atom stereocenters. The highest BCUT2D eigenvalue weighted by Crippen LogP contribution is 2.48. The zero-order chi connectivity index (χ0) is 17.2. The molecule has 1 unspecified atom stereocenters. The van der Waals surface area contributed by atoms with Crippen LogP contribution in [0.15, 0.2) is 23.4 Å². The van der Waals surface area contributed by atoms with E-state index in [-0.39, 0.29) is 5.91 Å². The van der Waals surface area contributed by atoms with Gasteiger partial charge >= 0.3 is 0 Å². The number of allylic oxidation sites excluding steroid dienone is 3. The average molecular weight is 351 g/mol. The van der Waals surface area contributed by atoms with Gasteiger partial charge in [-0.25, -0.2) is 4.31 Å². The third kappa shape index (κ3) is 3.21. The lowest BCUT2D eigenvalue weighted by molar-refractivity contribution is -0.127. The summed E-state index contributed by atoms with van der Waals surface area (Å²) in [5.41, 5.74) is 1.62. The SMILES string of the molecule is CCC=C1NC(=O)C2(CCCCC2)/C1=C/C=S(C)(=O)N1CCCC1. The Kier molecular flexibility index (Phi) is 5.21. The van der Waals surface area contributed by atoms with E-state index < -0.39 is 15.1 Å². The minimum Gasteiger partial charge on any atom is -0.325 e. The predicted molar refractivity (Wildman–Crippen MR) is 101 cm³/mol. The van der Waals surface area contributed by atoms with Gasteiger partial charge in [-0.2, -0.15) is 0 Å². The molecule has 0 radical (unpaired) electrons. The number of nitrogens with zero attached hydrogens (tertiary/aromatic N) is 1. The summed E-state index contributed by atoms with van der Waals surface area (Å²) in [5.74, 6) is 0.144. The zero-order valence-corrected chi connectivity index (χ0v) is 15.8. The van der Waals surface area contributed by atoms with Crippen molar-refractivity contribution in [2.75, 3.05) is 19.3 Å². The molecule has 2 aliphatic heterocycles. The van der Waals surface area contributed by atoms with Crippen LogP contribution < -0.4 is 5.32 Å². The fourth-order valence-electron chi connectivity index (χ4n) is 4.29. The van der Waals surface area contributed by atoms with Crippen LogP contribution >= 0.6 is 0 Å². The highest BCUT2D eigenvalue weighted by Gasteiger charge is 2.48. The molecular weight excluding hydrogens is 320 g/mol. The minimum absolute atomic E-state index is 0.144. The summed E-state index contributed by atoms with van der Waals surface area (Å²) < 4.78 is 15.2. The largest absolute Gasteiger partial charge is 0.325 e. The van der Waals surface area contributed by atoms with Gasteiger partial charge in [0.25, 0.3) is 0 Å². The summed E-state index contributed by atoms with van der Waals surface area (Å²) in [7, 11) is -2.14. The van der Waals surface area contributed by atoms with Crippen molar-refractivity contribution < 1.29 is 9.00 Å². The van der Waals surface area contributed by atoms with E-state index in [0.717, 1.165) is 69.3 Å². The third-order valence-electron chi connectivity index (χ3n) is 5.67. The third-order valence-corrected chi connectivity index (χ3v) is 7.70. The van der Waals surface area contributed by atoms with E-state index in [0.29, 0.717) is 0 Å². The van der Waals surface area contributed by atoms with Crippen LogP contribution in [0.4, 0.5) is 0 Å². The van der Waals surface area contributed by atoms with Gasteiger partial charge in [-0.05, 0) is 43.8 Å². The molecule has 5 heteroatoms. The molecule has 2 saturated heterocycles. The maximum Gasteiger partial charge on any atom is 0.235 e. The van der Waals surface area contributed by atoms with Gasteiger partial charge in [-0.1, -0.05) is 32.3 Å². The minimum atomic E-state index is -2.14. The lowest BCUT2D eigenvalue weighted by Gasteiger charge is -2.31. The Balaban J connectivity index is 2.01. The molecule has 0 bridgehead atoms. The molecule has 3 rings (SSSR count). The van der Waals surface area contributed by atoms with E-state index >= 15 is 0 Å². The highest BCUT2D eigenvalue weighted by molar-refractivity contribution is 7.98. The maximum atomic E-state index is 13.1. The Morgan fingerprint density at radius 1 is 1.17 bits per heavy atom. The Morgan fingerprint density at radius 2 is 1.83 bits per heavy atom. The molecule has 3 fully saturated rings. The monoisotopic (exact) mass is 350 g/mol.